The van der Waals surface area contributed by atoms with Gasteiger partial charge in [0.05, 0.1) is 17.7 Å². The molecule has 0 bridgehead atoms. The number of anilines is 1. The van der Waals surface area contributed by atoms with E-state index in [2.05, 4.69) is 5.32 Å². The van der Waals surface area contributed by atoms with Crippen LogP contribution in [0.25, 0.3) is 0 Å². The maximum absolute atomic E-state index is 14.5. The van der Waals surface area contributed by atoms with Crippen LogP contribution in [0.5, 0.6) is 5.75 Å². The number of aryl methyl sites for hydroxylation is 1. The summed E-state index contributed by atoms with van der Waals surface area (Å²) in [6.07, 6.45) is 0.196. The van der Waals surface area contributed by atoms with Crippen LogP contribution >= 0.6 is 0 Å². The van der Waals surface area contributed by atoms with Crippen molar-refractivity contribution in [3.63, 3.8) is 0 Å². The summed E-state index contributed by atoms with van der Waals surface area (Å²) in [6.45, 7) is 5.56. The van der Waals surface area contributed by atoms with E-state index in [9.17, 15) is 22.4 Å². The first kappa shape index (κ1) is 34.2. The van der Waals surface area contributed by atoms with E-state index in [0.717, 1.165) is 27.6 Å². The molecule has 0 aliphatic heterocycles. The zero-order valence-corrected chi connectivity index (χ0v) is 27.3. The molecule has 0 saturated carbocycles. The lowest BCUT2D eigenvalue weighted by Gasteiger charge is -2.34. The van der Waals surface area contributed by atoms with Crippen LogP contribution in [-0.4, -0.2) is 51.4 Å². The highest BCUT2D eigenvalue weighted by Gasteiger charge is 2.34. The molecule has 4 aromatic rings. The molecule has 1 N–H and O–H groups in total. The fourth-order valence-corrected chi connectivity index (χ4v) is 6.33. The molecule has 2 amide bonds. The Morgan fingerprint density at radius 2 is 1.52 bits per heavy atom. The van der Waals surface area contributed by atoms with Gasteiger partial charge in [0.2, 0.25) is 11.8 Å². The van der Waals surface area contributed by atoms with Crippen LogP contribution in [0.15, 0.2) is 108 Å². The van der Waals surface area contributed by atoms with Gasteiger partial charge in [0.1, 0.15) is 24.2 Å². The van der Waals surface area contributed by atoms with E-state index < -0.39 is 34.3 Å². The van der Waals surface area contributed by atoms with Gasteiger partial charge in [-0.25, -0.2) is 12.8 Å². The fraction of sp³-hybridized carbons (Fsp3) is 0.278. The topological polar surface area (TPSA) is 96.0 Å². The normalized spacial score (nSPS) is 12.0. The molecule has 0 saturated heterocycles. The Morgan fingerprint density at radius 1 is 0.870 bits per heavy atom. The number of sulfonamides is 1. The Balaban J connectivity index is 1.80. The second-order valence-electron chi connectivity index (χ2n) is 11.5. The smallest absolute Gasteiger partial charge is 0.264 e. The maximum Gasteiger partial charge on any atom is 0.264 e. The first-order valence-corrected chi connectivity index (χ1v) is 16.5. The third kappa shape index (κ3) is 8.94. The summed E-state index contributed by atoms with van der Waals surface area (Å²) in [4.78, 5) is 29.7. The van der Waals surface area contributed by atoms with Crippen LogP contribution in [0.4, 0.5) is 10.1 Å². The second-order valence-corrected chi connectivity index (χ2v) is 13.4. The van der Waals surface area contributed by atoms with E-state index in [0.29, 0.717) is 17.9 Å². The molecule has 8 nitrogen and oxygen atoms in total. The van der Waals surface area contributed by atoms with Gasteiger partial charge in [-0.15, -0.1) is 0 Å². The molecule has 0 aromatic heterocycles. The number of halogens is 1. The molecule has 46 heavy (non-hydrogen) atoms. The largest absolute Gasteiger partial charge is 0.497 e. The highest BCUT2D eigenvalue weighted by Crippen LogP contribution is 2.26. The number of carbonyl (C=O) groups is 2. The molecule has 10 heteroatoms. The van der Waals surface area contributed by atoms with Gasteiger partial charge in [-0.3, -0.25) is 13.9 Å². The molecule has 242 valence electrons. The van der Waals surface area contributed by atoms with Crippen LogP contribution in [0.1, 0.15) is 30.5 Å². The summed E-state index contributed by atoms with van der Waals surface area (Å²) in [5.74, 6) is -0.778. The first-order valence-electron chi connectivity index (χ1n) is 15.1. The number of nitrogens with one attached hydrogen (secondary N) is 1. The minimum Gasteiger partial charge on any atom is -0.497 e. The van der Waals surface area contributed by atoms with Crippen molar-refractivity contribution < 1.29 is 27.1 Å². The summed E-state index contributed by atoms with van der Waals surface area (Å²) in [5.41, 5.74) is 2.50. The van der Waals surface area contributed by atoms with Crippen LogP contribution in [0, 0.1) is 18.7 Å². The number of methoxy groups -OCH3 is 1. The standard InChI is InChI=1S/C36H40FN3O5S/c1-26(2)23-38-36(42)34(22-28-9-6-5-7-10-28)39(24-29-11-8-12-32(21-29)45-4)35(41)25-40(31-17-15-30(37)16-18-31)46(43,44)33-19-13-27(3)14-20-33/h5-21,26,34H,22-25H2,1-4H3,(H,38,42)/t34-/m1/s1. The molecule has 0 unspecified atom stereocenters. The number of benzene rings is 4. The van der Waals surface area contributed by atoms with Gasteiger partial charge in [-0.1, -0.05) is 74.0 Å². The summed E-state index contributed by atoms with van der Waals surface area (Å²) in [6, 6.07) is 26.7. The lowest BCUT2D eigenvalue weighted by Crippen LogP contribution is -2.53. The predicted molar refractivity (Wildman–Crippen MR) is 177 cm³/mol. The molecule has 0 spiro atoms. The van der Waals surface area contributed by atoms with Gasteiger partial charge in [-0.2, -0.15) is 0 Å². The summed E-state index contributed by atoms with van der Waals surface area (Å²) >= 11 is 0. The van der Waals surface area contributed by atoms with Gasteiger partial charge >= 0.3 is 0 Å². The number of hydrogen-bond acceptors (Lipinski definition) is 5. The molecule has 4 aromatic carbocycles. The van der Waals surface area contributed by atoms with Gasteiger partial charge in [0, 0.05) is 19.5 Å². The van der Waals surface area contributed by atoms with Crippen LogP contribution in [0.2, 0.25) is 0 Å². The van der Waals surface area contributed by atoms with Gasteiger partial charge in [0.15, 0.2) is 0 Å². The van der Waals surface area contributed by atoms with Gasteiger partial charge < -0.3 is 15.0 Å². The first-order chi connectivity index (χ1) is 22.0. The van der Waals surface area contributed by atoms with Crippen molar-refractivity contribution in [2.75, 3.05) is 24.5 Å². The zero-order valence-electron chi connectivity index (χ0n) is 26.5. The Morgan fingerprint density at radius 3 is 2.15 bits per heavy atom. The Hall–Kier alpha value is -4.70. The molecular weight excluding hydrogens is 605 g/mol. The monoisotopic (exact) mass is 645 g/mol. The van der Waals surface area contributed by atoms with Crippen molar-refractivity contribution in [3.8, 4) is 5.75 Å². The number of hydrogen-bond donors (Lipinski definition) is 1. The van der Waals surface area contributed by atoms with Crippen LogP contribution in [-0.2, 0) is 32.6 Å². The third-order valence-electron chi connectivity index (χ3n) is 7.45. The average Bonchev–Trinajstić information content (AvgIpc) is 3.05. The van der Waals surface area contributed by atoms with Crippen LogP contribution < -0.4 is 14.4 Å². The number of nitrogens with zero attached hydrogens (tertiary/aromatic N) is 2. The zero-order chi connectivity index (χ0) is 33.3. The number of carbonyl (C=O) groups excluding carboxylic acids is 2. The molecule has 4 rings (SSSR count). The third-order valence-corrected chi connectivity index (χ3v) is 9.23. The average molecular weight is 646 g/mol. The van der Waals surface area contributed by atoms with Crippen molar-refractivity contribution in [2.24, 2.45) is 5.92 Å². The van der Waals surface area contributed by atoms with Crippen molar-refractivity contribution in [1.29, 1.82) is 0 Å². The van der Waals surface area contributed by atoms with E-state index in [-0.39, 0.29) is 35.4 Å². The van der Waals surface area contributed by atoms with E-state index in [1.54, 1.807) is 30.3 Å². The minimum absolute atomic E-state index is 0.00443. The lowest BCUT2D eigenvalue weighted by molar-refractivity contribution is -0.140. The van der Waals surface area contributed by atoms with E-state index in [4.69, 9.17) is 4.74 Å². The second kappa shape index (κ2) is 15.5. The van der Waals surface area contributed by atoms with Crippen molar-refractivity contribution in [3.05, 3.63) is 126 Å². The lowest BCUT2D eigenvalue weighted by atomic mass is 10.0. The summed E-state index contributed by atoms with van der Waals surface area (Å²) in [7, 11) is -2.74. The molecule has 1 atom stereocenters. The Bertz CT molecular complexity index is 1710. The highest BCUT2D eigenvalue weighted by molar-refractivity contribution is 7.92. The molecule has 0 aliphatic carbocycles. The van der Waals surface area contributed by atoms with Gasteiger partial charge in [-0.05, 0) is 72.5 Å². The minimum atomic E-state index is -4.28. The van der Waals surface area contributed by atoms with E-state index in [1.807, 2.05) is 57.2 Å². The molecular formula is C36H40FN3O5S. The maximum atomic E-state index is 14.5. The highest BCUT2D eigenvalue weighted by atomic mass is 32.2. The van der Waals surface area contributed by atoms with Gasteiger partial charge in [0.25, 0.3) is 10.0 Å². The summed E-state index contributed by atoms with van der Waals surface area (Å²) < 4.78 is 48.4. The quantitative estimate of drug-likeness (QED) is 0.189. The van der Waals surface area contributed by atoms with Crippen molar-refractivity contribution in [1.82, 2.24) is 10.2 Å². The van der Waals surface area contributed by atoms with Crippen molar-refractivity contribution in [2.45, 2.75) is 44.7 Å². The number of rotatable bonds is 14. The predicted octanol–water partition coefficient (Wildman–Crippen LogP) is 5.75. The summed E-state index contributed by atoms with van der Waals surface area (Å²) in [5, 5.41) is 2.97. The van der Waals surface area contributed by atoms with E-state index >= 15 is 0 Å². The number of ether oxygens (including phenoxy) is 1. The van der Waals surface area contributed by atoms with Crippen LogP contribution in [0.3, 0.4) is 0 Å². The number of amides is 2. The Labute approximate surface area is 270 Å². The fourth-order valence-electron chi connectivity index (χ4n) is 4.92. The molecule has 0 heterocycles. The molecule has 0 fully saturated rings. The SMILES string of the molecule is COc1cccc(CN(C(=O)CN(c2ccc(F)cc2)S(=O)(=O)c2ccc(C)cc2)[C@H](Cc2ccccc2)C(=O)NCC(C)C)c1. The molecule has 0 radical (unpaired) electrons. The van der Waals surface area contributed by atoms with E-state index in [1.165, 1.54) is 36.3 Å². The van der Waals surface area contributed by atoms with Crippen molar-refractivity contribution >= 4 is 27.5 Å². The Kier molecular flexibility index (Phi) is 11.5. The molecule has 0 aliphatic rings.